The maximum absolute atomic E-state index is 5.91. The summed E-state index contributed by atoms with van der Waals surface area (Å²) in [6.45, 7) is 0. The van der Waals surface area contributed by atoms with Crippen LogP contribution in [0.3, 0.4) is 0 Å². The summed E-state index contributed by atoms with van der Waals surface area (Å²) < 4.78 is 0. The highest BCUT2D eigenvalue weighted by molar-refractivity contribution is 5.92. The summed E-state index contributed by atoms with van der Waals surface area (Å²) in [7, 11) is 0. The van der Waals surface area contributed by atoms with Crippen LogP contribution >= 0.6 is 0 Å². The summed E-state index contributed by atoms with van der Waals surface area (Å²) in [6.07, 6.45) is 7.04. The van der Waals surface area contributed by atoms with Gasteiger partial charge in [0, 0.05) is 23.2 Å². The fraction of sp³-hybridized carbons (Fsp3) is 0.353. The lowest BCUT2D eigenvalue weighted by atomic mass is 9.77. The first-order chi connectivity index (χ1) is 11.2. The summed E-state index contributed by atoms with van der Waals surface area (Å²) in [6, 6.07) is 8.59. The quantitative estimate of drug-likeness (QED) is 0.692. The largest absolute Gasteiger partial charge is 0.368 e. The van der Waals surface area contributed by atoms with Crippen molar-refractivity contribution in [2.24, 2.45) is 5.41 Å². The topological polar surface area (TPSA) is 92.5 Å². The number of hydrogen-bond donors (Lipinski definition) is 3. The van der Waals surface area contributed by atoms with Gasteiger partial charge in [0.2, 0.25) is 5.95 Å². The Morgan fingerprint density at radius 2 is 2.04 bits per heavy atom. The number of nitrogens with zero attached hydrogens (tertiary/aromatic N) is 3. The smallest absolute Gasteiger partial charge is 0.222 e. The van der Waals surface area contributed by atoms with Crippen molar-refractivity contribution in [3.8, 4) is 11.3 Å². The second-order valence-electron chi connectivity index (χ2n) is 6.88. The van der Waals surface area contributed by atoms with E-state index in [4.69, 9.17) is 5.73 Å². The molecule has 3 aromatic rings. The molecule has 2 fully saturated rings. The van der Waals surface area contributed by atoms with Crippen LogP contribution in [0.1, 0.15) is 25.7 Å². The number of rotatable bonds is 3. The number of fused-ring (bicyclic) bond motifs is 1. The molecule has 0 saturated heterocycles. The van der Waals surface area contributed by atoms with Gasteiger partial charge in [-0.05, 0) is 49.3 Å². The lowest BCUT2D eigenvalue weighted by Crippen LogP contribution is -2.37. The molecule has 0 atom stereocenters. The van der Waals surface area contributed by atoms with Crippen molar-refractivity contribution in [3.05, 3.63) is 30.5 Å². The molecule has 0 amide bonds. The van der Waals surface area contributed by atoms with Crippen LogP contribution in [0.4, 0.5) is 11.8 Å². The molecule has 116 valence electrons. The highest BCUT2D eigenvalue weighted by Gasteiger charge is 2.52. The second-order valence-corrected chi connectivity index (χ2v) is 6.88. The van der Waals surface area contributed by atoms with E-state index in [9.17, 15) is 0 Å². The Hall–Kier alpha value is -2.63. The number of benzene rings is 1. The zero-order chi connectivity index (χ0) is 15.4. The Kier molecular flexibility index (Phi) is 2.48. The molecule has 5 rings (SSSR count). The van der Waals surface area contributed by atoms with Crippen molar-refractivity contribution in [3.63, 3.8) is 0 Å². The fourth-order valence-corrected chi connectivity index (χ4v) is 3.71. The first kappa shape index (κ1) is 12.9. The molecule has 6 nitrogen and oxygen atoms in total. The third kappa shape index (κ3) is 2.13. The first-order valence-corrected chi connectivity index (χ1v) is 8.04. The number of aromatic nitrogens is 4. The predicted molar refractivity (Wildman–Crippen MR) is 89.8 cm³/mol. The minimum Gasteiger partial charge on any atom is -0.368 e. The van der Waals surface area contributed by atoms with Crippen molar-refractivity contribution in [2.75, 3.05) is 11.1 Å². The van der Waals surface area contributed by atoms with Crippen molar-refractivity contribution in [2.45, 2.75) is 31.7 Å². The normalized spacial score (nSPS) is 19.0. The molecule has 0 radical (unpaired) electrons. The van der Waals surface area contributed by atoms with Crippen LogP contribution in [0.25, 0.3) is 22.2 Å². The van der Waals surface area contributed by atoms with Gasteiger partial charge in [-0.2, -0.15) is 10.1 Å². The summed E-state index contributed by atoms with van der Waals surface area (Å²) in [5.74, 6) is 1.16. The molecule has 4 N–H and O–H groups in total. The minimum atomic E-state index is 0.308. The van der Waals surface area contributed by atoms with Gasteiger partial charge < -0.3 is 11.1 Å². The molecule has 2 saturated carbocycles. The Balaban J connectivity index is 1.51. The van der Waals surface area contributed by atoms with Gasteiger partial charge in [-0.15, -0.1) is 0 Å². The van der Waals surface area contributed by atoms with Gasteiger partial charge in [0.05, 0.1) is 11.2 Å². The number of aromatic amines is 1. The van der Waals surface area contributed by atoms with Crippen LogP contribution < -0.4 is 11.1 Å². The van der Waals surface area contributed by atoms with Crippen molar-refractivity contribution < 1.29 is 0 Å². The van der Waals surface area contributed by atoms with Gasteiger partial charge in [0.1, 0.15) is 5.82 Å². The molecule has 2 aliphatic carbocycles. The summed E-state index contributed by atoms with van der Waals surface area (Å²) >= 11 is 0. The Morgan fingerprint density at radius 1 is 1.17 bits per heavy atom. The molecule has 23 heavy (non-hydrogen) atoms. The highest BCUT2D eigenvalue weighted by atomic mass is 15.1. The van der Waals surface area contributed by atoms with E-state index in [1.165, 1.54) is 25.7 Å². The molecule has 2 heterocycles. The Morgan fingerprint density at radius 3 is 2.78 bits per heavy atom. The summed E-state index contributed by atoms with van der Waals surface area (Å²) in [4.78, 5) is 8.81. The van der Waals surface area contributed by atoms with E-state index in [0.29, 0.717) is 17.4 Å². The van der Waals surface area contributed by atoms with Crippen molar-refractivity contribution in [1.82, 2.24) is 20.2 Å². The Bertz CT molecular complexity index is 873. The van der Waals surface area contributed by atoms with Gasteiger partial charge in [-0.1, -0.05) is 6.07 Å². The first-order valence-electron chi connectivity index (χ1n) is 8.04. The van der Waals surface area contributed by atoms with E-state index in [0.717, 1.165) is 28.0 Å². The molecular formula is C17H18N6. The van der Waals surface area contributed by atoms with E-state index in [1.807, 2.05) is 12.1 Å². The van der Waals surface area contributed by atoms with E-state index >= 15 is 0 Å². The summed E-state index contributed by atoms with van der Waals surface area (Å²) in [5, 5.41) is 11.5. The van der Waals surface area contributed by atoms with Gasteiger partial charge in [0.25, 0.3) is 0 Å². The summed E-state index contributed by atoms with van der Waals surface area (Å²) in [5.41, 5.74) is 9.44. The van der Waals surface area contributed by atoms with Gasteiger partial charge in [0.15, 0.2) is 0 Å². The number of hydrogen-bond acceptors (Lipinski definition) is 5. The van der Waals surface area contributed by atoms with Crippen molar-refractivity contribution in [1.29, 1.82) is 0 Å². The van der Waals surface area contributed by atoms with Crippen LogP contribution in [0, 0.1) is 5.41 Å². The molecule has 0 bridgehead atoms. The van der Waals surface area contributed by atoms with E-state index in [1.54, 1.807) is 6.20 Å². The zero-order valence-electron chi connectivity index (χ0n) is 12.7. The molecule has 2 aliphatic rings. The lowest BCUT2D eigenvalue weighted by Gasteiger charge is -2.36. The van der Waals surface area contributed by atoms with Crippen LogP contribution in [0.15, 0.2) is 30.5 Å². The third-order valence-corrected chi connectivity index (χ3v) is 5.18. The Labute approximate surface area is 133 Å². The van der Waals surface area contributed by atoms with Crippen molar-refractivity contribution >= 4 is 22.7 Å². The SMILES string of the molecule is Nc1nc(NC2CC3(CC3)C2)c2ccc(-c3ccn[nH]3)cc2n1. The predicted octanol–water partition coefficient (Wildman–Crippen LogP) is 2.96. The molecule has 0 unspecified atom stereocenters. The number of H-pyrrole nitrogens is 1. The lowest BCUT2D eigenvalue weighted by molar-refractivity contribution is 0.256. The van der Waals surface area contributed by atoms with Crippen LogP contribution in [0.2, 0.25) is 0 Å². The fourth-order valence-electron chi connectivity index (χ4n) is 3.71. The molecule has 0 aliphatic heterocycles. The average Bonchev–Trinajstić information content (AvgIpc) is 3.10. The molecule has 1 aromatic carbocycles. The number of anilines is 2. The molecule has 2 aromatic heterocycles. The van der Waals surface area contributed by atoms with Gasteiger partial charge >= 0.3 is 0 Å². The minimum absolute atomic E-state index is 0.308. The van der Waals surface area contributed by atoms with Crippen LogP contribution in [0.5, 0.6) is 0 Å². The van der Waals surface area contributed by atoms with Gasteiger partial charge in [-0.25, -0.2) is 4.98 Å². The highest BCUT2D eigenvalue weighted by Crippen LogP contribution is 2.61. The van der Waals surface area contributed by atoms with E-state index < -0.39 is 0 Å². The van der Waals surface area contributed by atoms with E-state index in [2.05, 4.69) is 37.6 Å². The number of nitrogens with one attached hydrogen (secondary N) is 2. The third-order valence-electron chi connectivity index (χ3n) is 5.18. The maximum atomic E-state index is 5.91. The molecule has 1 spiro atoms. The van der Waals surface area contributed by atoms with Crippen LogP contribution in [-0.2, 0) is 0 Å². The molecule has 6 heteroatoms. The van der Waals surface area contributed by atoms with E-state index in [-0.39, 0.29) is 0 Å². The monoisotopic (exact) mass is 306 g/mol. The average molecular weight is 306 g/mol. The van der Waals surface area contributed by atoms with Crippen LogP contribution in [-0.4, -0.2) is 26.2 Å². The number of nitrogen functional groups attached to an aromatic ring is 1. The maximum Gasteiger partial charge on any atom is 0.222 e. The zero-order valence-corrected chi connectivity index (χ0v) is 12.7. The second kappa shape index (κ2) is 4.44. The van der Waals surface area contributed by atoms with Gasteiger partial charge in [-0.3, -0.25) is 5.10 Å². The standard InChI is InChI=1S/C17H18N6/c18-16-21-14-7-10(13-3-6-19-23-13)1-2-12(14)15(22-16)20-11-8-17(9-11)4-5-17/h1-3,6-7,11H,4-5,8-9H2,(H,19,23)(H3,18,20,21,22). The molecular weight excluding hydrogens is 288 g/mol. The number of nitrogens with two attached hydrogens (primary N) is 1.